The third-order valence-electron chi connectivity index (χ3n) is 6.17. The number of carboxylic acid groups (broad SMARTS) is 1. The Labute approximate surface area is 182 Å². The molecule has 3 aromatic carbocycles. The molecule has 0 aromatic heterocycles. The average molecular weight is 412 g/mol. The Hall–Kier alpha value is -3.44. The van der Waals surface area contributed by atoms with Crippen molar-refractivity contribution in [3.8, 4) is 0 Å². The summed E-state index contributed by atoms with van der Waals surface area (Å²) < 4.78 is 0. The lowest BCUT2D eigenvalue weighted by Gasteiger charge is -2.37. The standard InChI is InChI=1S/C26H25N3O2/c30-26(31)23-11-5-2-9-21(23)18-28-13-15-29(16-14-28)25-22-10-4-1-7-19(22)17-20-8-3-6-12-24(20)27-25/h1-12H,13-18H2,(H,30,31). The summed E-state index contributed by atoms with van der Waals surface area (Å²) in [6.45, 7) is 4.13. The third-order valence-corrected chi connectivity index (χ3v) is 6.17. The quantitative estimate of drug-likeness (QED) is 0.702. The molecule has 0 amide bonds. The van der Waals surface area contributed by atoms with Crippen molar-refractivity contribution in [1.82, 2.24) is 9.80 Å². The molecule has 0 bridgehead atoms. The Balaban J connectivity index is 1.37. The van der Waals surface area contributed by atoms with Crippen LogP contribution in [0.25, 0.3) is 0 Å². The molecule has 5 rings (SSSR count). The van der Waals surface area contributed by atoms with Crippen molar-refractivity contribution in [2.75, 3.05) is 26.2 Å². The Morgan fingerprint density at radius 3 is 2.32 bits per heavy atom. The van der Waals surface area contributed by atoms with Gasteiger partial charge in [-0.05, 0) is 28.8 Å². The Morgan fingerprint density at radius 2 is 1.52 bits per heavy atom. The summed E-state index contributed by atoms with van der Waals surface area (Å²) in [5.41, 5.74) is 6.09. The van der Waals surface area contributed by atoms with Crippen LogP contribution >= 0.6 is 0 Å². The van der Waals surface area contributed by atoms with Gasteiger partial charge in [0.25, 0.3) is 0 Å². The van der Waals surface area contributed by atoms with E-state index in [1.807, 2.05) is 18.2 Å². The maximum Gasteiger partial charge on any atom is 0.336 e. The molecule has 5 heteroatoms. The fraction of sp³-hybridized carbons (Fsp3) is 0.231. The summed E-state index contributed by atoms with van der Waals surface area (Å²) in [4.78, 5) is 21.3. The number of carboxylic acids is 1. The second kappa shape index (κ2) is 8.36. The van der Waals surface area contributed by atoms with Gasteiger partial charge in [-0.2, -0.15) is 0 Å². The number of para-hydroxylation sites is 1. The van der Waals surface area contributed by atoms with E-state index in [2.05, 4.69) is 52.3 Å². The topological polar surface area (TPSA) is 56.1 Å². The summed E-state index contributed by atoms with van der Waals surface area (Å²) in [6.07, 6.45) is 0.894. The summed E-state index contributed by atoms with van der Waals surface area (Å²) in [5.74, 6) is 0.184. The van der Waals surface area contributed by atoms with Gasteiger partial charge in [0.15, 0.2) is 0 Å². The van der Waals surface area contributed by atoms with E-state index in [0.717, 1.165) is 49.7 Å². The summed E-state index contributed by atoms with van der Waals surface area (Å²) in [6, 6.07) is 24.2. The van der Waals surface area contributed by atoms with Gasteiger partial charge in [-0.25, -0.2) is 9.79 Å². The lowest BCUT2D eigenvalue weighted by Crippen LogP contribution is -2.48. The fourth-order valence-electron chi connectivity index (χ4n) is 4.51. The highest BCUT2D eigenvalue weighted by Gasteiger charge is 2.25. The Bertz CT molecular complexity index is 1150. The number of hydrogen-bond acceptors (Lipinski definition) is 4. The smallest absolute Gasteiger partial charge is 0.336 e. The minimum Gasteiger partial charge on any atom is -0.478 e. The van der Waals surface area contributed by atoms with E-state index in [-0.39, 0.29) is 0 Å². The van der Waals surface area contributed by atoms with Crippen LogP contribution in [0.1, 0.15) is 32.6 Å². The maximum atomic E-state index is 11.5. The number of aliphatic imine (C=N–C) groups is 1. The molecular weight excluding hydrogens is 386 g/mol. The first-order valence-corrected chi connectivity index (χ1v) is 10.7. The molecule has 0 saturated carbocycles. The Kier molecular flexibility index (Phi) is 5.26. The van der Waals surface area contributed by atoms with Crippen molar-refractivity contribution < 1.29 is 9.90 Å². The van der Waals surface area contributed by atoms with Crippen molar-refractivity contribution in [2.45, 2.75) is 13.0 Å². The van der Waals surface area contributed by atoms with Gasteiger partial charge in [-0.1, -0.05) is 60.7 Å². The molecule has 0 unspecified atom stereocenters. The van der Waals surface area contributed by atoms with E-state index in [1.165, 1.54) is 16.7 Å². The number of nitrogens with zero attached hydrogens (tertiary/aromatic N) is 3. The molecule has 5 nitrogen and oxygen atoms in total. The van der Waals surface area contributed by atoms with E-state index in [9.17, 15) is 9.90 Å². The van der Waals surface area contributed by atoms with E-state index < -0.39 is 5.97 Å². The minimum atomic E-state index is -0.864. The van der Waals surface area contributed by atoms with Crippen LogP contribution < -0.4 is 0 Å². The lowest BCUT2D eigenvalue weighted by molar-refractivity contribution is 0.0693. The molecule has 0 atom stereocenters. The number of amidine groups is 1. The van der Waals surface area contributed by atoms with Crippen LogP contribution in [0.3, 0.4) is 0 Å². The zero-order chi connectivity index (χ0) is 21.2. The highest BCUT2D eigenvalue weighted by Crippen LogP contribution is 2.30. The van der Waals surface area contributed by atoms with E-state index in [4.69, 9.17) is 4.99 Å². The highest BCUT2D eigenvalue weighted by atomic mass is 16.4. The van der Waals surface area contributed by atoms with Crippen LogP contribution in [0.4, 0.5) is 5.69 Å². The van der Waals surface area contributed by atoms with Crippen molar-refractivity contribution in [1.29, 1.82) is 0 Å². The molecule has 1 N–H and O–H groups in total. The number of carbonyl (C=O) groups is 1. The second-order valence-corrected chi connectivity index (χ2v) is 8.12. The molecule has 2 heterocycles. The van der Waals surface area contributed by atoms with Gasteiger partial charge in [0.05, 0.1) is 11.3 Å². The van der Waals surface area contributed by atoms with Crippen LogP contribution in [0.15, 0.2) is 77.8 Å². The van der Waals surface area contributed by atoms with Crippen molar-refractivity contribution in [3.05, 3.63) is 101 Å². The van der Waals surface area contributed by atoms with Crippen LogP contribution in [0.5, 0.6) is 0 Å². The van der Waals surface area contributed by atoms with E-state index >= 15 is 0 Å². The molecule has 0 radical (unpaired) electrons. The summed E-state index contributed by atoms with van der Waals surface area (Å²) in [5, 5.41) is 9.46. The molecule has 1 fully saturated rings. The van der Waals surface area contributed by atoms with Crippen LogP contribution in [-0.4, -0.2) is 52.9 Å². The number of rotatable bonds is 3. The predicted octanol–water partition coefficient (Wildman–Crippen LogP) is 4.19. The summed E-state index contributed by atoms with van der Waals surface area (Å²) in [7, 11) is 0. The molecule has 1 saturated heterocycles. The largest absolute Gasteiger partial charge is 0.478 e. The van der Waals surface area contributed by atoms with Crippen molar-refractivity contribution in [2.24, 2.45) is 4.99 Å². The highest BCUT2D eigenvalue weighted by molar-refractivity contribution is 6.02. The molecule has 31 heavy (non-hydrogen) atoms. The van der Waals surface area contributed by atoms with E-state index in [0.29, 0.717) is 12.1 Å². The fourth-order valence-corrected chi connectivity index (χ4v) is 4.51. The maximum absolute atomic E-state index is 11.5. The molecule has 0 spiro atoms. The summed E-state index contributed by atoms with van der Waals surface area (Å²) >= 11 is 0. The number of fused-ring (bicyclic) bond motifs is 2. The Morgan fingerprint density at radius 1 is 0.839 bits per heavy atom. The van der Waals surface area contributed by atoms with Gasteiger partial charge in [0.2, 0.25) is 0 Å². The lowest BCUT2D eigenvalue weighted by atomic mass is 9.99. The molecular formula is C26H25N3O2. The number of hydrogen-bond donors (Lipinski definition) is 1. The first-order valence-electron chi connectivity index (χ1n) is 10.7. The van der Waals surface area contributed by atoms with E-state index in [1.54, 1.807) is 12.1 Å². The second-order valence-electron chi connectivity index (χ2n) is 8.12. The van der Waals surface area contributed by atoms with Crippen molar-refractivity contribution in [3.63, 3.8) is 0 Å². The molecule has 2 aliphatic heterocycles. The number of aromatic carboxylic acids is 1. The van der Waals surface area contributed by atoms with Gasteiger partial charge in [0.1, 0.15) is 5.84 Å². The predicted molar refractivity (Wildman–Crippen MR) is 122 cm³/mol. The minimum absolute atomic E-state index is 0.392. The SMILES string of the molecule is O=C(O)c1ccccc1CN1CCN(C2=Nc3ccccc3Cc3ccccc32)CC1. The zero-order valence-electron chi connectivity index (χ0n) is 17.4. The van der Waals surface area contributed by atoms with Crippen LogP contribution in [0, 0.1) is 0 Å². The van der Waals surface area contributed by atoms with Crippen LogP contribution in [-0.2, 0) is 13.0 Å². The molecule has 156 valence electrons. The monoisotopic (exact) mass is 411 g/mol. The van der Waals surface area contributed by atoms with Gasteiger partial charge >= 0.3 is 5.97 Å². The van der Waals surface area contributed by atoms with Crippen LogP contribution in [0.2, 0.25) is 0 Å². The number of benzene rings is 3. The normalized spacial score (nSPS) is 16.1. The molecule has 3 aromatic rings. The zero-order valence-corrected chi connectivity index (χ0v) is 17.4. The van der Waals surface area contributed by atoms with Gasteiger partial charge < -0.3 is 10.0 Å². The van der Waals surface area contributed by atoms with Gasteiger partial charge in [-0.3, -0.25) is 4.90 Å². The molecule has 2 aliphatic rings. The first-order chi connectivity index (χ1) is 15.2. The van der Waals surface area contributed by atoms with Crippen molar-refractivity contribution >= 4 is 17.5 Å². The van der Waals surface area contributed by atoms with Gasteiger partial charge in [-0.15, -0.1) is 0 Å². The van der Waals surface area contributed by atoms with Gasteiger partial charge in [0, 0.05) is 44.7 Å². The average Bonchev–Trinajstić information content (AvgIpc) is 2.97. The third kappa shape index (κ3) is 3.97. The first kappa shape index (κ1) is 19.5. The number of piperazine rings is 1. The molecule has 0 aliphatic carbocycles.